The van der Waals surface area contributed by atoms with E-state index < -0.39 is 34.7 Å². The Kier molecular flexibility index (Phi) is 7.13. The minimum Gasteiger partial charge on any atom is -0.365 e. The molecule has 2 heterocycles. The smallest absolute Gasteiger partial charge is 0.365 e. The first kappa shape index (κ1) is 28.4. The molecule has 1 atom stereocenters. The monoisotopic (exact) mass is 588 g/mol. The molecular weight excluding hydrogens is 560 g/mol. The summed E-state index contributed by atoms with van der Waals surface area (Å²) in [6, 6.07) is 21.0. The third-order valence-electron chi connectivity index (χ3n) is 7.93. The predicted molar refractivity (Wildman–Crippen MR) is 155 cm³/mol. The largest absolute Gasteiger partial charge is 0.435 e. The maximum Gasteiger partial charge on any atom is 0.435 e. The Hall–Kier alpha value is -4.77. The fraction of sp³-hybridized carbons (Fsp3) is 0.219. The lowest BCUT2D eigenvalue weighted by Gasteiger charge is -2.31. The van der Waals surface area contributed by atoms with E-state index in [4.69, 9.17) is 11.5 Å². The lowest BCUT2D eigenvalue weighted by atomic mass is 9.79. The average Bonchev–Trinajstić information content (AvgIpc) is 3.71. The summed E-state index contributed by atoms with van der Waals surface area (Å²) in [5, 5.41) is 7.84. The zero-order valence-electron chi connectivity index (χ0n) is 22.9. The van der Waals surface area contributed by atoms with E-state index >= 15 is 4.39 Å². The Balaban J connectivity index is 1.39. The third-order valence-corrected chi connectivity index (χ3v) is 7.93. The minimum absolute atomic E-state index is 0.148. The molecule has 5 N–H and O–H groups in total. The van der Waals surface area contributed by atoms with Crippen LogP contribution in [0.2, 0.25) is 0 Å². The Morgan fingerprint density at radius 3 is 2.44 bits per heavy atom. The Morgan fingerprint density at radius 2 is 1.77 bits per heavy atom. The second-order valence-electron chi connectivity index (χ2n) is 10.9. The predicted octanol–water partition coefficient (Wildman–Crippen LogP) is 6.81. The Morgan fingerprint density at radius 1 is 1.00 bits per heavy atom. The summed E-state index contributed by atoms with van der Waals surface area (Å²) in [5.74, 6) is -0.847. The number of nitrogens with two attached hydrogens (primary N) is 2. The number of primary amides is 1. The molecule has 0 radical (unpaired) electrons. The van der Waals surface area contributed by atoms with Gasteiger partial charge in [0.25, 0.3) is 5.91 Å². The van der Waals surface area contributed by atoms with E-state index in [2.05, 4.69) is 15.4 Å². The van der Waals surface area contributed by atoms with Crippen molar-refractivity contribution in [3.63, 3.8) is 0 Å². The van der Waals surface area contributed by atoms with Gasteiger partial charge in [0.2, 0.25) is 0 Å². The van der Waals surface area contributed by atoms with Crippen molar-refractivity contribution >= 4 is 28.2 Å². The molecule has 1 aliphatic carbocycles. The summed E-state index contributed by atoms with van der Waals surface area (Å²) in [4.78, 5) is 16.1. The zero-order valence-corrected chi connectivity index (χ0v) is 22.9. The number of pyridine rings is 1. The number of rotatable bonds is 9. The van der Waals surface area contributed by atoms with E-state index in [9.17, 15) is 18.0 Å². The van der Waals surface area contributed by atoms with Gasteiger partial charge in [-0.15, -0.1) is 0 Å². The van der Waals surface area contributed by atoms with Gasteiger partial charge in [0.15, 0.2) is 5.69 Å². The summed E-state index contributed by atoms with van der Waals surface area (Å²) in [5.41, 5.74) is 11.3. The normalized spacial score (nSPS) is 14.9. The number of benzene rings is 3. The van der Waals surface area contributed by atoms with Gasteiger partial charge in [-0.25, -0.2) is 14.1 Å². The van der Waals surface area contributed by atoms with Crippen LogP contribution in [0, 0.1) is 11.7 Å². The molecule has 6 rings (SSSR count). The lowest BCUT2D eigenvalue weighted by molar-refractivity contribution is -0.141. The highest BCUT2D eigenvalue weighted by atomic mass is 19.4. The Labute approximate surface area is 244 Å². The molecule has 1 saturated carbocycles. The van der Waals surface area contributed by atoms with Crippen LogP contribution in [0.1, 0.15) is 52.9 Å². The summed E-state index contributed by atoms with van der Waals surface area (Å²) < 4.78 is 56.7. The molecule has 1 amide bonds. The van der Waals surface area contributed by atoms with E-state index in [0.29, 0.717) is 23.1 Å². The summed E-state index contributed by atoms with van der Waals surface area (Å²) >= 11 is 0. The van der Waals surface area contributed by atoms with Crippen LogP contribution in [0.3, 0.4) is 0 Å². The molecule has 0 spiro atoms. The van der Waals surface area contributed by atoms with E-state index in [-0.39, 0.29) is 17.2 Å². The van der Waals surface area contributed by atoms with E-state index in [1.165, 1.54) is 18.9 Å². The van der Waals surface area contributed by atoms with Crippen molar-refractivity contribution in [2.45, 2.75) is 37.4 Å². The number of fused-ring (bicyclic) bond motifs is 1. The molecule has 7 nitrogen and oxygen atoms in total. The first-order valence-corrected chi connectivity index (χ1v) is 13.8. The topological polar surface area (TPSA) is 112 Å². The summed E-state index contributed by atoms with van der Waals surface area (Å²) in [6.45, 7) is 0. The number of nitrogens with one attached hydrogen (secondary N) is 1. The maximum absolute atomic E-state index is 15.3. The molecule has 220 valence electrons. The van der Waals surface area contributed by atoms with E-state index in [1.54, 1.807) is 42.6 Å². The molecule has 43 heavy (non-hydrogen) atoms. The van der Waals surface area contributed by atoms with Crippen molar-refractivity contribution in [2.75, 3.05) is 5.32 Å². The standard InChI is InChI=1S/C32H28F4N6O/c33-26-11-9-22(31(38,14-12-19-6-7-19)21-4-2-1-3-5-21)16-27(26)40-30-24-17-23(10-8-20(24)13-15-39-30)42-18-25(29(37)43)28(41-42)32(34,35)36/h1-5,8-11,13,15-19H,6-7,12,14,38H2,(H2,37,43)(H,39,40). The van der Waals surface area contributed by atoms with Crippen LogP contribution in [0.5, 0.6) is 0 Å². The van der Waals surface area contributed by atoms with Gasteiger partial charge >= 0.3 is 6.18 Å². The molecule has 0 bridgehead atoms. The number of nitrogens with zero attached hydrogens (tertiary/aromatic N) is 3. The van der Waals surface area contributed by atoms with Gasteiger partial charge in [0.05, 0.1) is 22.5 Å². The van der Waals surface area contributed by atoms with Gasteiger partial charge in [-0.05, 0) is 65.6 Å². The number of aromatic nitrogens is 3. The number of alkyl halides is 3. The number of carbonyl (C=O) groups is 1. The van der Waals surface area contributed by atoms with Crippen molar-refractivity contribution in [3.05, 3.63) is 113 Å². The number of anilines is 2. The number of amides is 1. The molecule has 11 heteroatoms. The van der Waals surface area contributed by atoms with Crippen LogP contribution in [-0.2, 0) is 11.7 Å². The highest BCUT2D eigenvalue weighted by Gasteiger charge is 2.39. The van der Waals surface area contributed by atoms with Crippen molar-refractivity contribution in [1.82, 2.24) is 14.8 Å². The van der Waals surface area contributed by atoms with Crippen molar-refractivity contribution in [3.8, 4) is 5.69 Å². The lowest BCUT2D eigenvalue weighted by Crippen LogP contribution is -2.38. The summed E-state index contributed by atoms with van der Waals surface area (Å²) in [7, 11) is 0. The minimum atomic E-state index is -4.88. The first-order chi connectivity index (χ1) is 20.5. The van der Waals surface area contributed by atoms with E-state index in [1.807, 2.05) is 30.3 Å². The average molecular weight is 589 g/mol. The quantitative estimate of drug-likeness (QED) is 0.164. The van der Waals surface area contributed by atoms with Crippen LogP contribution in [-0.4, -0.2) is 20.7 Å². The van der Waals surface area contributed by atoms with Crippen LogP contribution in [0.25, 0.3) is 16.5 Å². The van der Waals surface area contributed by atoms with Gasteiger partial charge in [0.1, 0.15) is 11.6 Å². The van der Waals surface area contributed by atoms with Crippen LogP contribution < -0.4 is 16.8 Å². The zero-order chi connectivity index (χ0) is 30.4. The molecule has 0 aliphatic heterocycles. The van der Waals surface area contributed by atoms with Gasteiger partial charge in [-0.1, -0.05) is 55.3 Å². The molecule has 0 saturated heterocycles. The van der Waals surface area contributed by atoms with Crippen LogP contribution in [0.15, 0.2) is 85.2 Å². The number of carbonyl (C=O) groups excluding carboxylic acids is 1. The van der Waals surface area contributed by atoms with E-state index in [0.717, 1.165) is 28.4 Å². The van der Waals surface area contributed by atoms with Crippen LogP contribution in [0.4, 0.5) is 29.1 Å². The highest BCUT2D eigenvalue weighted by Crippen LogP contribution is 2.41. The second-order valence-corrected chi connectivity index (χ2v) is 10.9. The fourth-order valence-corrected chi connectivity index (χ4v) is 5.35. The number of hydrogen-bond donors (Lipinski definition) is 3. The fourth-order valence-electron chi connectivity index (χ4n) is 5.35. The van der Waals surface area contributed by atoms with Gasteiger partial charge in [0, 0.05) is 17.8 Å². The molecule has 2 aromatic heterocycles. The second kappa shape index (κ2) is 10.8. The highest BCUT2D eigenvalue weighted by molar-refractivity contribution is 5.95. The molecule has 1 aliphatic rings. The SMILES string of the molecule is NC(=O)c1cn(-c2ccc3ccnc(Nc4cc(C(N)(CCC5CC5)c5ccccc5)ccc4F)c3c2)nc1C(F)(F)F. The number of halogens is 4. The third kappa shape index (κ3) is 5.68. The van der Waals surface area contributed by atoms with Crippen molar-refractivity contribution in [2.24, 2.45) is 17.4 Å². The van der Waals surface area contributed by atoms with Gasteiger partial charge in [-0.3, -0.25) is 4.79 Å². The molecule has 3 aromatic carbocycles. The Bertz CT molecular complexity index is 1820. The van der Waals surface area contributed by atoms with Gasteiger partial charge in [-0.2, -0.15) is 18.3 Å². The molecular formula is C32H28F4N6O. The molecule has 5 aromatic rings. The molecule has 1 unspecified atom stereocenters. The first-order valence-electron chi connectivity index (χ1n) is 13.8. The maximum atomic E-state index is 15.3. The van der Waals surface area contributed by atoms with Crippen molar-refractivity contribution < 1.29 is 22.4 Å². The van der Waals surface area contributed by atoms with Crippen molar-refractivity contribution in [1.29, 1.82) is 0 Å². The summed E-state index contributed by atoms with van der Waals surface area (Å²) in [6.07, 6.45) is 1.63. The van der Waals surface area contributed by atoms with Crippen LogP contribution >= 0.6 is 0 Å². The number of hydrogen-bond acceptors (Lipinski definition) is 5. The molecule has 1 fully saturated rings. The van der Waals surface area contributed by atoms with Gasteiger partial charge < -0.3 is 16.8 Å².